The lowest BCUT2D eigenvalue weighted by atomic mass is 10.2. The van der Waals surface area contributed by atoms with Crippen LogP contribution in [0.3, 0.4) is 0 Å². The van der Waals surface area contributed by atoms with Crippen LogP contribution in [0.15, 0.2) is 51.8 Å². The first-order chi connectivity index (χ1) is 12.9. The van der Waals surface area contributed by atoms with Gasteiger partial charge in [0.05, 0.1) is 4.90 Å². The van der Waals surface area contributed by atoms with Crippen LogP contribution in [0.5, 0.6) is 0 Å². The van der Waals surface area contributed by atoms with Crippen molar-refractivity contribution < 1.29 is 17.6 Å². The van der Waals surface area contributed by atoms with Crippen molar-refractivity contribution >= 4 is 32.7 Å². The Kier molecular flexibility index (Phi) is 4.45. The fourth-order valence-corrected chi connectivity index (χ4v) is 4.76. The molecule has 1 aromatic heterocycles. The second kappa shape index (κ2) is 6.79. The van der Waals surface area contributed by atoms with Crippen molar-refractivity contribution in [2.75, 3.05) is 18.4 Å². The Hall–Kier alpha value is -2.71. The van der Waals surface area contributed by atoms with Crippen LogP contribution in [0.2, 0.25) is 0 Å². The van der Waals surface area contributed by atoms with Crippen LogP contribution in [0, 0.1) is 6.92 Å². The van der Waals surface area contributed by atoms with Crippen molar-refractivity contribution in [3.63, 3.8) is 0 Å². The number of anilines is 1. The van der Waals surface area contributed by atoms with Crippen molar-refractivity contribution in [2.24, 2.45) is 0 Å². The zero-order valence-corrected chi connectivity index (χ0v) is 15.6. The number of carbonyl (C=O) groups is 1. The van der Waals surface area contributed by atoms with Crippen molar-refractivity contribution in [2.45, 2.75) is 24.7 Å². The van der Waals surface area contributed by atoms with Gasteiger partial charge in [-0.3, -0.25) is 4.79 Å². The topological polar surface area (TPSA) is 92.5 Å². The molecule has 0 spiro atoms. The Morgan fingerprint density at radius 3 is 2.70 bits per heavy atom. The first-order valence-corrected chi connectivity index (χ1v) is 10.2. The average Bonchev–Trinajstić information content (AvgIpc) is 3.30. The number of nitrogens with one attached hydrogen (secondary N) is 1. The number of rotatable bonds is 4. The standard InChI is InChI=1S/C19H19N3O4S/c1-13-20-17-8-7-15(12-18(17)26-13)21-19(23)14-5-4-6-16(11-14)27(24,25)22-9-2-3-10-22/h4-8,11-12H,2-3,9-10H2,1H3,(H,21,23). The van der Waals surface area contributed by atoms with E-state index in [1.165, 1.54) is 16.4 Å². The lowest BCUT2D eigenvalue weighted by Crippen LogP contribution is -2.28. The van der Waals surface area contributed by atoms with E-state index in [-0.39, 0.29) is 16.4 Å². The molecule has 1 N–H and O–H groups in total. The lowest BCUT2D eigenvalue weighted by molar-refractivity contribution is 0.102. The van der Waals surface area contributed by atoms with Gasteiger partial charge in [-0.25, -0.2) is 13.4 Å². The Bertz CT molecular complexity index is 1110. The van der Waals surface area contributed by atoms with E-state index in [2.05, 4.69) is 10.3 Å². The highest BCUT2D eigenvalue weighted by Gasteiger charge is 2.27. The minimum absolute atomic E-state index is 0.137. The summed E-state index contributed by atoms with van der Waals surface area (Å²) in [7, 11) is -3.56. The average molecular weight is 385 g/mol. The highest BCUT2D eigenvalue weighted by Crippen LogP contribution is 2.23. The normalized spacial score (nSPS) is 15.3. The van der Waals surface area contributed by atoms with E-state index >= 15 is 0 Å². The molecule has 2 aromatic carbocycles. The molecule has 0 radical (unpaired) electrons. The molecule has 0 atom stereocenters. The molecule has 1 saturated heterocycles. The number of amides is 1. The van der Waals surface area contributed by atoms with Crippen molar-refractivity contribution in [3.05, 3.63) is 53.9 Å². The minimum atomic E-state index is -3.56. The SMILES string of the molecule is Cc1nc2ccc(NC(=O)c3cccc(S(=O)(=O)N4CCCC4)c3)cc2o1. The number of sulfonamides is 1. The van der Waals surface area contributed by atoms with Gasteiger partial charge in [-0.15, -0.1) is 0 Å². The van der Waals surface area contributed by atoms with Crippen LogP contribution in [0.4, 0.5) is 5.69 Å². The molecule has 2 heterocycles. The van der Waals surface area contributed by atoms with Crippen LogP contribution in [-0.2, 0) is 10.0 Å². The van der Waals surface area contributed by atoms with E-state index in [9.17, 15) is 13.2 Å². The van der Waals surface area contributed by atoms with E-state index in [0.717, 1.165) is 12.8 Å². The first kappa shape index (κ1) is 17.7. The molecule has 0 unspecified atom stereocenters. The minimum Gasteiger partial charge on any atom is -0.441 e. The van der Waals surface area contributed by atoms with Crippen LogP contribution in [0.25, 0.3) is 11.1 Å². The molecular weight excluding hydrogens is 366 g/mol. The molecular formula is C19H19N3O4S. The predicted molar refractivity (Wildman–Crippen MR) is 101 cm³/mol. The summed E-state index contributed by atoms with van der Waals surface area (Å²) in [6.07, 6.45) is 1.73. The lowest BCUT2D eigenvalue weighted by Gasteiger charge is -2.16. The zero-order valence-electron chi connectivity index (χ0n) is 14.8. The second-order valence-corrected chi connectivity index (χ2v) is 8.45. The molecule has 0 saturated carbocycles. The van der Waals surface area contributed by atoms with E-state index in [1.807, 2.05) is 0 Å². The van der Waals surface area contributed by atoms with Crippen LogP contribution in [0.1, 0.15) is 29.1 Å². The molecule has 1 aliphatic heterocycles. The summed E-state index contributed by atoms with van der Waals surface area (Å²) in [5.74, 6) is 0.164. The van der Waals surface area contributed by atoms with Gasteiger partial charge in [-0.05, 0) is 43.2 Å². The van der Waals surface area contributed by atoms with Crippen molar-refractivity contribution in [3.8, 4) is 0 Å². The third-order valence-electron chi connectivity index (χ3n) is 4.55. The first-order valence-electron chi connectivity index (χ1n) is 8.72. The number of aromatic nitrogens is 1. The summed E-state index contributed by atoms with van der Waals surface area (Å²) in [5, 5.41) is 2.77. The quantitative estimate of drug-likeness (QED) is 0.745. The molecule has 1 fully saturated rings. The van der Waals surface area contributed by atoms with Crippen molar-refractivity contribution in [1.29, 1.82) is 0 Å². The Labute approximate surface area is 157 Å². The van der Waals surface area contributed by atoms with E-state index in [0.29, 0.717) is 35.8 Å². The Morgan fingerprint density at radius 1 is 1.15 bits per heavy atom. The summed E-state index contributed by atoms with van der Waals surface area (Å²) >= 11 is 0. The summed E-state index contributed by atoms with van der Waals surface area (Å²) in [6.45, 7) is 2.80. The molecule has 7 nitrogen and oxygen atoms in total. The number of carbonyl (C=O) groups excluding carboxylic acids is 1. The highest BCUT2D eigenvalue weighted by atomic mass is 32.2. The van der Waals surface area contributed by atoms with Crippen molar-refractivity contribution in [1.82, 2.24) is 9.29 Å². The Morgan fingerprint density at radius 2 is 1.93 bits per heavy atom. The fraction of sp³-hybridized carbons (Fsp3) is 0.263. The summed E-state index contributed by atoms with van der Waals surface area (Å²) in [6, 6.07) is 11.3. The number of fused-ring (bicyclic) bond motifs is 1. The number of benzene rings is 2. The van der Waals surface area contributed by atoms with Gasteiger partial charge in [0.2, 0.25) is 10.0 Å². The third-order valence-corrected chi connectivity index (χ3v) is 6.45. The molecule has 0 aliphatic carbocycles. The van der Waals surface area contributed by atoms with E-state index < -0.39 is 10.0 Å². The Balaban J connectivity index is 1.58. The zero-order chi connectivity index (χ0) is 19.0. The predicted octanol–water partition coefficient (Wildman–Crippen LogP) is 3.17. The van der Waals surface area contributed by atoms with E-state index in [1.54, 1.807) is 37.3 Å². The van der Waals surface area contributed by atoms with Gasteiger partial charge < -0.3 is 9.73 Å². The molecule has 3 aromatic rings. The monoisotopic (exact) mass is 385 g/mol. The number of hydrogen-bond acceptors (Lipinski definition) is 5. The smallest absolute Gasteiger partial charge is 0.255 e. The molecule has 1 aliphatic rings. The van der Waals surface area contributed by atoms with Gasteiger partial charge in [0.15, 0.2) is 11.5 Å². The summed E-state index contributed by atoms with van der Waals surface area (Å²) in [5.41, 5.74) is 2.13. The molecule has 0 bridgehead atoms. The molecule has 1 amide bonds. The number of nitrogens with zero attached hydrogens (tertiary/aromatic N) is 2. The second-order valence-electron chi connectivity index (χ2n) is 6.51. The molecule has 140 valence electrons. The maximum atomic E-state index is 12.7. The van der Waals surface area contributed by atoms with Gasteiger partial charge in [0, 0.05) is 37.3 Å². The van der Waals surface area contributed by atoms with Crippen LogP contribution < -0.4 is 5.32 Å². The number of aryl methyl sites for hydroxylation is 1. The van der Waals surface area contributed by atoms with Gasteiger partial charge in [-0.2, -0.15) is 4.31 Å². The largest absolute Gasteiger partial charge is 0.441 e. The highest BCUT2D eigenvalue weighted by molar-refractivity contribution is 7.89. The van der Waals surface area contributed by atoms with E-state index in [4.69, 9.17) is 4.42 Å². The number of hydrogen-bond donors (Lipinski definition) is 1. The molecule has 4 rings (SSSR count). The third kappa shape index (κ3) is 3.45. The van der Waals surface area contributed by atoms with Crippen LogP contribution in [-0.4, -0.2) is 36.7 Å². The van der Waals surface area contributed by atoms with Gasteiger partial charge in [0.25, 0.3) is 5.91 Å². The number of oxazole rings is 1. The molecule has 8 heteroatoms. The molecule has 27 heavy (non-hydrogen) atoms. The maximum absolute atomic E-state index is 12.7. The van der Waals surface area contributed by atoms with Gasteiger partial charge >= 0.3 is 0 Å². The van der Waals surface area contributed by atoms with Gasteiger partial charge in [-0.1, -0.05) is 6.07 Å². The summed E-state index contributed by atoms with van der Waals surface area (Å²) < 4.78 is 32.3. The summed E-state index contributed by atoms with van der Waals surface area (Å²) in [4.78, 5) is 16.9. The maximum Gasteiger partial charge on any atom is 0.255 e. The van der Waals surface area contributed by atoms with Crippen LogP contribution >= 0.6 is 0 Å². The fourth-order valence-electron chi connectivity index (χ4n) is 3.20. The van der Waals surface area contributed by atoms with Gasteiger partial charge in [0.1, 0.15) is 5.52 Å².